The summed E-state index contributed by atoms with van der Waals surface area (Å²) in [5.74, 6) is -2.91. The Morgan fingerprint density at radius 3 is 2.64 bits per heavy atom. The van der Waals surface area contributed by atoms with Crippen molar-refractivity contribution in [1.29, 1.82) is 0 Å². The summed E-state index contributed by atoms with van der Waals surface area (Å²) in [5.41, 5.74) is 0.186. The van der Waals surface area contributed by atoms with Gasteiger partial charge in [0.15, 0.2) is 0 Å². The molecule has 0 saturated heterocycles. The number of halogens is 2. The molecule has 0 heterocycles. The SMILES string of the molecule is CC(C(=O)O)c1cc(Br)c(F)cc1O. The Morgan fingerprint density at radius 2 is 2.14 bits per heavy atom. The Bertz CT molecular complexity index is 379. The molecule has 0 aliphatic carbocycles. The molecular formula is C9H8BrFO3. The van der Waals surface area contributed by atoms with Crippen molar-refractivity contribution in [3.05, 3.63) is 28.0 Å². The van der Waals surface area contributed by atoms with Gasteiger partial charge in [-0.15, -0.1) is 0 Å². The van der Waals surface area contributed by atoms with Gasteiger partial charge in [-0.25, -0.2) is 4.39 Å². The number of hydrogen-bond donors (Lipinski definition) is 2. The lowest BCUT2D eigenvalue weighted by atomic mass is 10.0. The fourth-order valence-electron chi connectivity index (χ4n) is 1.03. The number of aliphatic carboxylic acids is 1. The Labute approximate surface area is 88.3 Å². The molecule has 0 spiro atoms. The van der Waals surface area contributed by atoms with Gasteiger partial charge in [-0.1, -0.05) is 0 Å². The van der Waals surface area contributed by atoms with Gasteiger partial charge in [0.1, 0.15) is 11.6 Å². The van der Waals surface area contributed by atoms with Gasteiger partial charge in [0, 0.05) is 11.6 Å². The van der Waals surface area contributed by atoms with Gasteiger partial charge in [0.2, 0.25) is 0 Å². The third-order valence-electron chi connectivity index (χ3n) is 1.91. The van der Waals surface area contributed by atoms with Gasteiger partial charge in [-0.2, -0.15) is 0 Å². The number of phenols is 1. The van der Waals surface area contributed by atoms with E-state index in [0.717, 1.165) is 6.07 Å². The molecule has 1 aromatic carbocycles. The molecular weight excluding hydrogens is 255 g/mol. The standard InChI is InChI=1S/C9H8BrFO3/c1-4(9(13)14)5-2-6(10)7(11)3-8(5)12/h2-4,12H,1H3,(H,13,14). The number of rotatable bonds is 2. The average Bonchev–Trinajstić information content (AvgIpc) is 2.10. The molecule has 0 bridgehead atoms. The normalized spacial score (nSPS) is 12.5. The van der Waals surface area contributed by atoms with Crippen LogP contribution in [0, 0.1) is 5.82 Å². The third kappa shape index (κ3) is 2.04. The average molecular weight is 263 g/mol. The molecule has 1 rings (SSSR count). The van der Waals surface area contributed by atoms with Crippen LogP contribution in [0.2, 0.25) is 0 Å². The van der Waals surface area contributed by atoms with Crippen LogP contribution < -0.4 is 0 Å². The van der Waals surface area contributed by atoms with Gasteiger partial charge in [-0.05, 0) is 28.9 Å². The van der Waals surface area contributed by atoms with E-state index < -0.39 is 17.7 Å². The lowest BCUT2D eigenvalue weighted by molar-refractivity contribution is -0.138. The van der Waals surface area contributed by atoms with Crippen molar-refractivity contribution < 1.29 is 19.4 Å². The molecule has 14 heavy (non-hydrogen) atoms. The van der Waals surface area contributed by atoms with Gasteiger partial charge >= 0.3 is 5.97 Å². The molecule has 1 unspecified atom stereocenters. The minimum absolute atomic E-state index is 0.137. The van der Waals surface area contributed by atoms with Gasteiger partial charge in [0.05, 0.1) is 10.4 Å². The second-order valence-electron chi connectivity index (χ2n) is 2.89. The van der Waals surface area contributed by atoms with Crippen LogP contribution in [-0.2, 0) is 4.79 Å². The van der Waals surface area contributed by atoms with E-state index in [2.05, 4.69) is 15.9 Å². The zero-order valence-corrected chi connectivity index (χ0v) is 8.88. The third-order valence-corrected chi connectivity index (χ3v) is 2.51. The molecule has 0 aliphatic rings. The molecule has 0 amide bonds. The van der Waals surface area contributed by atoms with Crippen LogP contribution >= 0.6 is 15.9 Å². The monoisotopic (exact) mass is 262 g/mol. The highest BCUT2D eigenvalue weighted by atomic mass is 79.9. The maximum Gasteiger partial charge on any atom is 0.310 e. The first kappa shape index (κ1) is 11.0. The summed E-state index contributed by atoms with van der Waals surface area (Å²) in [5, 5.41) is 18.0. The number of phenolic OH excluding ortho intramolecular Hbond substituents is 1. The second kappa shape index (κ2) is 3.96. The first-order valence-electron chi connectivity index (χ1n) is 3.84. The zero-order valence-electron chi connectivity index (χ0n) is 7.29. The predicted molar refractivity (Wildman–Crippen MR) is 51.8 cm³/mol. The maximum atomic E-state index is 12.9. The van der Waals surface area contributed by atoms with Crippen molar-refractivity contribution in [2.24, 2.45) is 0 Å². The molecule has 0 saturated carbocycles. The molecule has 0 aliphatic heterocycles. The number of carboxylic acid groups (broad SMARTS) is 1. The first-order valence-corrected chi connectivity index (χ1v) is 4.63. The Hall–Kier alpha value is -1.10. The quantitative estimate of drug-likeness (QED) is 0.861. The van der Waals surface area contributed by atoms with Crippen LogP contribution in [0.5, 0.6) is 5.75 Å². The van der Waals surface area contributed by atoms with Gasteiger partial charge < -0.3 is 10.2 Å². The van der Waals surface area contributed by atoms with Gasteiger partial charge in [-0.3, -0.25) is 4.79 Å². The summed E-state index contributed by atoms with van der Waals surface area (Å²) in [6, 6.07) is 2.16. The second-order valence-corrected chi connectivity index (χ2v) is 3.74. The molecule has 1 atom stereocenters. The van der Waals surface area contributed by atoms with E-state index in [1.54, 1.807) is 0 Å². The Morgan fingerprint density at radius 1 is 1.57 bits per heavy atom. The van der Waals surface area contributed by atoms with Crippen molar-refractivity contribution in [3.63, 3.8) is 0 Å². The molecule has 0 radical (unpaired) electrons. The van der Waals surface area contributed by atoms with Crippen LogP contribution in [0.3, 0.4) is 0 Å². The van der Waals surface area contributed by atoms with Crippen LogP contribution in [0.25, 0.3) is 0 Å². The minimum Gasteiger partial charge on any atom is -0.508 e. The summed E-state index contributed by atoms with van der Waals surface area (Å²) in [6.07, 6.45) is 0. The Kier molecular flexibility index (Phi) is 3.10. The summed E-state index contributed by atoms with van der Waals surface area (Å²) >= 11 is 2.92. The number of carbonyl (C=O) groups is 1. The summed E-state index contributed by atoms with van der Waals surface area (Å²) in [7, 11) is 0. The summed E-state index contributed by atoms with van der Waals surface area (Å²) < 4.78 is 13.0. The van der Waals surface area contributed by atoms with E-state index >= 15 is 0 Å². The van der Waals surface area contributed by atoms with Crippen molar-refractivity contribution in [1.82, 2.24) is 0 Å². The van der Waals surface area contributed by atoms with Gasteiger partial charge in [0.25, 0.3) is 0 Å². The lowest BCUT2D eigenvalue weighted by Gasteiger charge is -2.09. The maximum absolute atomic E-state index is 12.9. The highest BCUT2D eigenvalue weighted by Gasteiger charge is 2.19. The van der Waals surface area contributed by atoms with E-state index in [4.69, 9.17) is 5.11 Å². The first-order chi connectivity index (χ1) is 6.43. The number of carboxylic acids is 1. The number of aromatic hydroxyl groups is 1. The highest BCUT2D eigenvalue weighted by molar-refractivity contribution is 9.10. The van der Waals surface area contributed by atoms with Crippen LogP contribution in [-0.4, -0.2) is 16.2 Å². The smallest absolute Gasteiger partial charge is 0.310 e. The number of benzene rings is 1. The van der Waals surface area contributed by atoms with Crippen molar-refractivity contribution in [3.8, 4) is 5.75 Å². The highest BCUT2D eigenvalue weighted by Crippen LogP contribution is 2.30. The Balaban J connectivity index is 3.22. The van der Waals surface area contributed by atoms with Crippen molar-refractivity contribution in [2.75, 3.05) is 0 Å². The topological polar surface area (TPSA) is 57.5 Å². The van der Waals surface area contributed by atoms with E-state index in [9.17, 15) is 14.3 Å². The molecule has 3 nitrogen and oxygen atoms in total. The fraction of sp³-hybridized carbons (Fsp3) is 0.222. The fourth-order valence-corrected chi connectivity index (χ4v) is 1.39. The van der Waals surface area contributed by atoms with Crippen LogP contribution in [0.15, 0.2) is 16.6 Å². The molecule has 0 fully saturated rings. The van der Waals surface area contributed by atoms with E-state index in [-0.39, 0.29) is 15.8 Å². The summed E-state index contributed by atoms with van der Waals surface area (Å²) in [6.45, 7) is 1.42. The summed E-state index contributed by atoms with van der Waals surface area (Å²) in [4.78, 5) is 10.6. The van der Waals surface area contributed by atoms with Crippen LogP contribution in [0.4, 0.5) is 4.39 Å². The lowest BCUT2D eigenvalue weighted by Crippen LogP contribution is -2.07. The van der Waals surface area contributed by atoms with E-state index in [0.29, 0.717) is 0 Å². The predicted octanol–water partition coefficient (Wildman–Crippen LogP) is 2.48. The van der Waals surface area contributed by atoms with E-state index in [1.807, 2.05) is 0 Å². The number of hydrogen-bond acceptors (Lipinski definition) is 2. The van der Waals surface area contributed by atoms with E-state index in [1.165, 1.54) is 13.0 Å². The molecule has 2 N–H and O–H groups in total. The molecule has 76 valence electrons. The zero-order chi connectivity index (χ0) is 10.9. The molecule has 5 heteroatoms. The minimum atomic E-state index is -1.07. The molecule has 1 aromatic rings. The molecule has 0 aromatic heterocycles. The van der Waals surface area contributed by atoms with Crippen molar-refractivity contribution in [2.45, 2.75) is 12.8 Å². The van der Waals surface area contributed by atoms with Crippen molar-refractivity contribution >= 4 is 21.9 Å². The van der Waals surface area contributed by atoms with Crippen LogP contribution in [0.1, 0.15) is 18.4 Å². The largest absolute Gasteiger partial charge is 0.508 e.